The summed E-state index contributed by atoms with van der Waals surface area (Å²) in [5.74, 6) is -3.22. The predicted octanol–water partition coefficient (Wildman–Crippen LogP) is 14.1. The number of unbranched alkanes of at least 4 members (excludes halogenated alkanes) is 16. The lowest BCUT2D eigenvalue weighted by Crippen LogP contribution is -2.61. The third kappa shape index (κ3) is 38.8. The van der Waals surface area contributed by atoms with Crippen LogP contribution in [0.1, 0.15) is 213 Å². The van der Waals surface area contributed by atoms with E-state index >= 15 is 0 Å². The molecule has 414 valence electrons. The molecule has 0 aliphatic carbocycles. The van der Waals surface area contributed by atoms with Crippen molar-refractivity contribution in [2.24, 2.45) is 0 Å². The van der Waals surface area contributed by atoms with Crippen LogP contribution in [-0.2, 0) is 42.9 Å². The molecule has 73 heavy (non-hydrogen) atoms. The highest BCUT2D eigenvalue weighted by Gasteiger charge is 2.50. The minimum absolute atomic E-state index is 0.0218. The lowest BCUT2D eigenvalue weighted by Gasteiger charge is -2.40. The number of ether oxygens (including phenoxy) is 5. The van der Waals surface area contributed by atoms with Gasteiger partial charge in [0.2, 0.25) is 0 Å². The van der Waals surface area contributed by atoms with Crippen LogP contribution in [-0.4, -0.2) is 89.2 Å². The van der Waals surface area contributed by atoms with Crippen LogP contribution in [0.15, 0.2) is 97.2 Å². The highest BCUT2D eigenvalue weighted by molar-refractivity contribution is 5.74. The number of carboxylic acid groups (broad SMARTS) is 1. The molecule has 0 aromatic heterocycles. The van der Waals surface area contributed by atoms with Gasteiger partial charge in [-0.05, 0) is 89.9 Å². The Kier molecular flexibility index (Phi) is 44.4. The second-order valence-electron chi connectivity index (χ2n) is 18.8. The number of rotatable bonds is 46. The topological polar surface area (TPSA) is 175 Å². The van der Waals surface area contributed by atoms with Crippen molar-refractivity contribution in [2.75, 3.05) is 13.2 Å². The fourth-order valence-corrected chi connectivity index (χ4v) is 7.89. The van der Waals surface area contributed by atoms with E-state index in [9.17, 15) is 34.5 Å². The number of aliphatic hydroxyl groups is 2. The van der Waals surface area contributed by atoms with Crippen molar-refractivity contribution < 1.29 is 58.2 Å². The van der Waals surface area contributed by atoms with E-state index in [1.54, 1.807) is 0 Å². The van der Waals surface area contributed by atoms with E-state index in [0.29, 0.717) is 25.7 Å². The summed E-state index contributed by atoms with van der Waals surface area (Å²) in [6.07, 6.45) is 51.1. The summed E-state index contributed by atoms with van der Waals surface area (Å²) in [6, 6.07) is 0. The molecule has 1 rings (SSSR count). The summed E-state index contributed by atoms with van der Waals surface area (Å²) in [5, 5.41) is 31.4. The Morgan fingerprint density at radius 1 is 0.466 bits per heavy atom. The molecule has 6 unspecified atom stereocenters. The van der Waals surface area contributed by atoms with Crippen molar-refractivity contribution in [1.82, 2.24) is 0 Å². The van der Waals surface area contributed by atoms with Crippen LogP contribution >= 0.6 is 0 Å². The first-order valence-electron chi connectivity index (χ1n) is 28.2. The molecule has 0 bridgehead atoms. The maximum atomic E-state index is 13.1. The minimum Gasteiger partial charge on any atom is -0.479 e. The van der Waals surface area contributed by atoms with E-state index in [1.165, 1.54) is 38.5 Å². The minimum atomic E-state index is -1.93. The zero-order chi connectivity index (χ0) is 53.3. The smallest absolute Gasteiger partial charge is 0.335 e. The summed E-state index contributed by atoms with van der Waals surface area (Å²) in [6.45, 7) is 5.69. The summed E-state index contributed by atoms with van der Waals surface area (Å²) in [4.78, 5) is 50.9. The van der Waals surface area contributed by atoms with Crippen molar-refractivity contribution in [2.45, 2.75) is 250 Å². The Hall–Kier alpha value is -4.36. The van der Waals surface area contributed by atoms with Crippen molar-refractivity contribution in [1.29, 1.82) is 0 Å². The number of aliphatic carboxylic acids is 1. The van der Waals surface area contributed by atoms with E-state index in [-0.39, 0.29) is 25.9 Å². The van der Waals surface area contributed by atoms with Crippen LogP contribution < -0.4 is 0 Å². The van der Waals surface area contributed by atoms with Crippen molar-refractivity contribution >= 4 is 23.9 Å². The van der Waals surface area contributed by atoms with Gasteiger partial charge in [-0.2, -0.15) is 0 Å². The number of esters is 3. The molecule has 1 saturated heterocycles. The highest BCUT2D eigenvalue weighted by atomic mass is 16.7. The van der Waals surface area contributed by atoms with Gasteiger partial charge in [0.1, 0.15) is 18.8 Å². The van der Waals surface area contributed by atoms with Gasteiger partial charge in [-0.25, -0.2) is 4.79 Å². The Labute approximate surface area is 441 Å². The van der Waals surface area contributed by atoms with Crippen LogP contribution in [0, 0.1) is 0 Å². The van der Waals surface area contributed by atoms with Gasteiger partial charge in [-0.15, -0.1) is 0 Å². The van der Waals surface area contributed by atoms with Gasteiger partial charge in [0.05, 0.1) is 6.61 Å². The fraction of sp³-hybridized carbons (Fsp3) is 0.672. The van der Waals surface area contributed by atoms with E-state index in [0.717, 1.165) is 109 Å². The van der Waals surface area contributed by atoms with Gasteiger partial charge in [0.25, 0.3) is 0 Å². The number of hydrogen-bond acceptors (Lipinski definition) is 11. The van der Waals surface area contributed by atoms with Crippen LogP contribution in [0.2, 0.25) is 0 Å². The third-order valence-electron chi connectivity index (χ3n) is 12.2. The zero-order valence-corrected chi connectivity index (χ0v) is 45.3. The molecular formula is C61H98O12. The monoisotopic (exact) mass is 1020 g/mol. The molecule has 0 aromatic carbocycles. The number of allylic oxidation sites excluding steroid dienone is 16. The van der Waals surface area contributed by atoms with Gasteiger partial charge >= 0.3 is 23.9 Å². The molecule has 1 aliphatic rings. The Morgan fingerprint density at radius 3 is 1.36 bits per heavy atom. The SMILES string of the molecule is CC/C=C\C/C=C\C/C=C\C/C=C\C/C=C\CCCC(=O)OC1C(OCC(COC(=O)CCCCCCCCC/C=C\C/C=C\C/C=C\CC)OC(=O)CCCCCCCCCCC)OC(C(=O)O)C(O)C1O. The van der Waals surface area contributed by atoms with Crippen molar-refractivity contribution in [3.05, 3.63) is 97.2 Å². The Bertz CT molecular complexity index is 1640. The number of carbonyl (C=O) groups excluding carboxylic acids is 3. The van der Waals surface area contributed by atoms with Gasteiger partial charge < -0.3 is 39.0 Å². The standard InChI is InChI=1S/C61H98O12/c1-4-7-10-13-16-19-21-23-25-27-29-31-33-36-38-41-44-47-53(62)69-50-52(71-54(63)48-45-42-39-35-18-15-12-9-6-3)51-70-61-59(57(66)56(65)58(73-61)60(67)68)72-55(64)49-46-43-40-37-34-32-30-28-26-24-22-20-17-14-11-8-5-2/h7-8,10-11,16-17,19-20,23-26,30,32,37,40,52,56-59,61,65-66H,4-6,9,12-15,18,21-22,27-29,31,33-36,38-39,41-51H2,1-3H3,(H,67,68)/b10-7-,11-8-,19-16-,20-17-,25-23-,26-24-,32-30-,40-37-. The maximum Gasteiger partial charge on any atom is 0.335 e. The number of carboxylic acids is 1. The van der Waals surface area contributed by atoms with Crippen molar-refractivity contribution in [3.63, 3.8) is 0 Å². The molecule has 12 nitrogen and oxygen atoms in total. The van der Waals surface area contributed by atoms with E-state index in [1.807, 2.05) is 12.2 Å². The molecule has 1 aliphatic heterocycles. The molecule has 0 spiro atoms. The van der Waals surface area contributed by atoms with Gasteiger partial charge in [0, 0.05) is 19.3 Å². The number of hydrogen-bond donors (Lipinski definition) is 3. The molecular weight excluding hydrogens is 925 g/mol. The fourth-order valence-electron chi connectivity index (χ4n) is 7.89. The zero-order valence-electron chi connectivity index (χ0n) is 45.3. The highest BCUT2D eigenvalue weighted by Crippen LogP contribution is 2.26. The average Bonchev–Trinajstić information content (AvgIpc) is 3.37. The lowest BCUT2D eigenvalue weighted by atomic mass is 9.98. The van der Waals surface area contributed by atoms with E-state index in [2.05, 4.69) is 106 Å². The van der Waals surface area contributed by atoms with Crippen LogP contribution in [0.5, 0.6) is 0 Å². The average molecular weight is 1020 g/mol. The van der Waals surface area contributed by atoms with Gasteiger partial charge in [-0.1, -0.05) is 201 Å². The van der Waals surface area contributed by atoms with Crippen molar-refractivity contribution in [3.8, 4) is 0 Å². The van der Waals surface area contributed by atoms with Gasteiger partial charge in [0.15, 0.2) is 24.6 Å². The molecule has 6 atom stereocenters. The second kappa shape index (κ2) is 48.6. The summed E-state index contributed by atoms with van der Waals surface area (Å²) >= 11 is 0. The first-order chi connectivity index (χ1) is 35.6. The normalized spacial score (nSPS) is 19.1. The lowest BCUT2D eigenvalue weighted by molar-refractivity contribution is -0.301. The predicted molar refractivity (Wildman–Crippen MR) is 294 cm³/mol. The molecule has 0 radical (unpaired) electrons. The van der Waals surface area contributed by atoms with E-state index in [4.69, 9.17) is 23.7 Å². The molecule has 3 N–H and O–H groups in total. The van der Waals surface area contributed by atoms with Gasteiger partial charge in [-0.3, -0.25) is 14.4 Å². The quantitative estimate of drug-likeness (QED) is 0.0228. The maximum absolute atomic E-state index is 13.1. The molecule has 1 fully saturated rings. The van der Waals surface area contributed by atoms with Crippen LogP contribution in [0.3, 0.4) is 0 Å². The second-order valence-corrected chi connectivity index (χ2v) is 18.8. The third-order valence-corrected chi connectivity index (χ3v) is 12.2. The van der Waals surface area contributed by atoms with E-state index < -0.39 is 67.3 Å². The largest absolute Gasteiger partial charge is 0.479 e. The molecule has 12 heteroatoms. The first-order valence-corrected chi connectivity index (χ1v) is 28.2. The summed E-state index contributed by atoms with van der Waals surface area (Å²) < 4.78 is 28.3. The Morgan fingerprint density at radius 2 is 0.877 bits per heavy atom. The number of aliphatic hydroxyl groups excluding tert-OH is 2. The number of carbonyl (C=O) groups is 4. The van der Waals surface area contributed by atoms with Crippen LogP contribution in [0.25, 0.3) is 0 Å². The summed E-state index contributed by atoms with van der Waals surface area (Å²) in [7, 11) is 0. The van der Waals surface area contributed by atoms with Crippen LogP contribution in [0.4, 0.5) is 0 Å². The molecule has 0 saturated carbocycles. The first kappa shape index (κ1) is 66.7. The molecule has 0 amide bonds. The summed E-state index contributed by atoms with van der Waals surface area (Å²) in [5.41, 5.74) is 0. The molecule has 1 heterocycles. The Balaban J connectivity index is 2.70. The molecule has 0 aromatic rings.